The number of nitrogens with one attached hydrogen (secondary N) is 1. The van der Waals surface area contributed by atoms with Gasteiger partial charge in [0.2, 0.25) is 0 Å². The van der Waals surface area contributed by atoms with Crippen LogP contribution >= 0.6 is 0 Å². The molecule has 0 radical (unpaired) electrons. The van der Waals surface area contributed by atoms with Gasteiger partial charge in [-0.3, -0.25) is 4.79 Å². The van der Waals surface area contributed by atoms with Gasteiger partial charge < -0.3 is 14.8 Å². The molecule has 0 amide bonds. The van der Waals surface area contributed by atoms with Crippen LogP contribution in [0.5, 0.6) is 5.75 Å². The van der Waals surface area contributed by atoms with Crippen LogP contribution in [-0.4, -0.2) is 32.8 Å². The van der Waals surface area contributed by atoms with E-state index < -0.39 is 0 Å². The zero-order chi connectivity index (χ0) is 13.5. The molecule has 0 saturated carbocycles. The van der Waals surface area contributed by atoms with Crippen LogP contribution in [0, 0.1) is 5.92 Å². The molecule has 104 valence electrons. The second kappa shape index (κ2) is 7.14. The Kier molecular flexibility index (Phi) is 5.21. The Labute approximate surface area is 114 Å². The third-order valence-electron chi connectivity index (χ3n) is 3.42. The van der Waals surface area contributed by atoms with Crippen molar-refractivity contribution in [2.45, 2.75) is 19.3 Å². The molecule has 1 aliphatic rings. The summed E-state index contributed by atoms with van der Waals surface area (Å²) in [6, 6.07) is 7.83. The number of hydrogen-bond donors (Lipinski definition) is 1. The average Bonchev–Trinajstić information content (AvgIpc) is 2.49. The number of hydrogen-bond acceptors (Lipinski definition) is 4. The molecular formula is C15H21NO3. The maximum Gasteiger partial charge on any atom is 0.310 e. The summed E-state index contributed by atoms with van der Waals surface area (Å²) in [5, 5.41) is 3.22. The monoisotopic (exact) mass is 263 g/mol. The van der Waals surface area contributed by atoms with E-state index >= 15 is 0 Å². The van der Waals surface area contributed by atoms with Crippen LogP contribution in [0.1, 0.15) is 18.4 Å². The molecule has 0 aliphatic carbocycles. The molecule has 19 heavy (non-hydrogen) atoms. The summed E-state index contributed by atoms with van der Waals surface area (Å²) in [4.78, 5) is 11.8. The summed E-state index contributed by atoms with van der Waals surface area (Å²) in [6.45, 7) is 2.21. The number of piperidine rings is 1. The SMILES string of the molecule is COc1ccc(CCOC(=O)C2CCCNC2)cc1. The van der Waals surface area contributed by atoms with Crippen LogP contribution < -0.4 is 10.1 Å². The Hall–Kier alpha value is -1.55. The van der Waals surface area contributed by atoms with Crippen LogP contribution in [0.4, 0.5) is 0 Å². The lowest BCUT2D eigenvalue weighted by Gasteiger charge is -2.21. The summed E-state index contributed by atoms with van der Waals surface area (Å²) in [5.41, 5.74) is 1.15. The fraction of sp³-hybridized carbons (Fsp3) is 0.533. The Morgan fingerprint density at radius 1 is 1.37 bits per heavy atom. The number of benzene rings is 1. The van der Waals surface area contributed by atoms with Crippen LogP contribution in [-0.2, 0) is 16.0 Å². The van der Waals surface area contributed by atoms with Gasteiger partial charge in [0.15, 0.2) is 0 Å². The average molecular weight is 263 g/mol. The van der Waals surface area contributed by atoms with Crippen molar-refractivity contribution in [3.8, 4) is 5.75 Å². The zero-order valence-corrected chi connectivity index (χ0v) is 11.4. The number of carbonyl (C=O) groups excluding carboxylic acids is 1. The van der Waals surface area contributed by atoms with Crippen molar-refractivity contribution >= 4 is 5.97 Å². The maximum absolute atomic E-state index is 11.8. The molecule has 1 heterocycles. The third kappa shape index (κ3) is 4.24. The van der Waals surface area contributed by atoms with E-state index in [4.69, 9.17) is 9.47 Å². The molecule has 1 aromatic carbocycles. The van der Waals surface area contributed by atoms with Gasteiger partial charge in [-0.05, 0) is 37.1 Å². The standard InChI is InChI=1S/C15H21NO3/c1-18-14-6-4-12(5-7-14)8-10-19-15(17)13-3-2-9-16-11-13/h4-7,13,16H,2-3,8-11H2,1H3. The largest absolute Gasteiger partial charge is 0.497 e. The maximum atomic E-state index is 11.8. The van der Waals surface area contributed by atoms with Gasteiger partial charge in [0.05, 0.1) is 19.6 Å². The lowest BCUT2D eigenvalue weighted by molar-refractivity contribution is -0.149. The topological polar surface area (TPSA) is 47.6 Å². The predicted molar refractivity (Wildman–Crippen MR) is 73.3 cm³/mol. The molecule has 0 spiro atoms. The predicted octanol–water partition coefficient (Wildman–Crippen LogP) is 1.78. The Morgan fingerprint density at radius 3 is 2.79 bits per heavy atom. The van der Waals surface area contributed by atoms with E-state index in [0.29, 0.717) is 6.61 Å². The van der Waals surface area contributed by atoms with Gasteiger partial charge in [-0.2, -0.15) is 0 Å². The highest BCUT2D eigenvalue weighted by molar-refractivity contribution is 5.72. The van der Waals surface area contributed by atoms with Crippen LogP contribution in [0.15, 0.2) is 24.3 Å². The first-order chi connectivity index (χ1) is 9.29. The highest BCUT2D eigenvalue weighted by Gasteiger charge is 2.21. The Bertz CT molecular complexity index is 396. The summed E-state index contributed by atoms with van der Waals surface area (Å²) in [5.74, 6) is 0.805. The van der Waals surface area contributed by atoms with Gasteiger partial charge in [0, 0.05) is 13.0 Å². The van der Waals surface area contributed by atoms with E-state index in [0.717, 1.165) is 43.7 Å². The van der Waals surface area contributed by atoms with Crippen LogP contribution in [0.3, 0.4) is 0 Å². The molecule has 1 saturated heterocycles. The summed E-state index contributed by atoms with van der Waals surface area (Å²) in [6.07, 6.45) is 2.74. The minimum Gasteiger partial charge on any atom is -0.497 e. The quantitative estimate of drug-likeness (QED) is 0.823. The number of methoxy groups -OCH3 is 1. The second-order valence-corrected chi connectivity index (χ2v) is 4.81. The van der Waals surface area contributed by atoms with Crippen molar-refractivity contribution < 1.29 is 14.3 Å². The lowest BCUT2D eigenvalue weighted by atomic mass is 10.0. The molecular weight excluding hydrogens is 242 g/mol. The molecule has 4 heteroatoms. The summed E-state index contributed by atoms with van der Waals surface area (Å²) < 4.78 is 10.4. The van der Waals surface area contributed by atoms with Gasteiger partial charge in [-0.25, -0.2) is 0 Å². The summed E-state index contributed by atoms with van der Waals surface area (Å²) in [7, 11) is 1.65. The van der Waals surface area contributed by atoms with Crippen molar-refractivity contribution in [3.05, 3.63) is 29.8 Å². The molecule has 1 aromatic rings. The van der Waals surface area contributed by atoms with Crippen molar-refractivity contribution in [3.63, 3.8) is 0 Å². The Balaban J connectivity index is 1.71. The molecule has 1 aliphatic heterocycles. The molecule has 0 aromatic heterocycles. The first kappa shape index (κ1) is 13.9. The van der Waals surface area contributed by atoms with Gasteiger partial charge in [-0.1, -0.05) is 12.1 Å². The number of ether oxygens (including phenoxy) is 2. The zero-order valence-electron chi connectivity index (χ0n) is 11.4. The van der Waals surface area contributed by atoms with E-state index in [2.05, 4.69) is 5.32 Å². The smallest absolute Gasteiger partial charge is 0.310 e. The highest BCUT2D eigenvalue weighted by Crippen LogP contribution is 2.13. The van der Waals surface area contributed by atoms with Crippen molar-refractivity contribution in [1.82, 2.24) is 5.32 Å². The van der Waals surface area contributed by atoms with E-state index in [-0.39, 0.29) is 11.9 Å². The first-order valence-electron chi connectivity index (χ1n) is 6.80. The van der Waals surface area contributed by atoms with Crippen LogP contribution in [0.25, 0.3) is 0 Å². The summed E-state index contributed by atoms with van der Waals surface area (Å²) >= 11 is 0. The molecule has 1 fully saturated rings. The fourth-order valence-electron chi connectivity index (χ4n) is 2.23. The van der Waals surface area contributed by atoms with E-state index in [1.807, 2.05) is 24.3 Å². The number of esters is 1. The molecule has 0 bridgehead atoms. The third-order valence-corrected chi connectivity index (χ3v) is 3.42. The minimum absolute atomic E-state index is 0.0321. The molecule has 1 N–H and O–H groups in total. The van der Waals surface area contributed by atoms with E-state index in [1.54, 1.807) is 7.11 Å². The van der Waals surface area contributed by atoms with Gasteiger partial charge in [0.25, 0.3) is 0 Å². The number of rotatable bonds is 5. The molecule has 1 unspecified atom stereocenters. The molecule has 2 rings (SSSR count). The lowest BCUT2D eigenvalue weighted by Crippen LogP contribution is -2.35. The highest BCUT2D eigenvalue weighted by atomic mass is 16.5. The van der Waals surface area contributed by atoms with Gasteiger partial charge >= 0.3 is 5.97 Å². The van der Waals surface area contributed by atoms with Crippen molar-refractivity contribution in [1.29, 1.82) is 0 Å². The van der Waals surface area contributed by atoms with Crippen molar-refractivity contribution in [2.75, 3.05) is 26.8 Å². The van der Waals surface area contributed by atoms with Gasteiger partial charge in [-0.15, -0.1) is 0 Å². The van der Waals surface area contributed by atoms with Crippen LogP contribution in [0.2, 0.25) is 0 Å². The fourth-order valence-corrected chi connectivity index (χ4v) is 2.23. The van der Waals surface area contributed by atoms with E-state index in [1.165, 1.54) is 0 Å². The normalized spacial score (nSPS) is 18.9. The van der Waals surface area contributed by atoms with Crippen molar-refractivity contribution in [2.24, 2.45) is 5.92 Å². The van der Waals surface area contributed by atoms with Gasteiger partial charge in [0.1, 0.15) is 5.75 Å². The number of carbonyl (C=O) groups is 1. The second-order valence-electron chi connectivity index (χ2n) is 4.81. The first-order valence-corrected chi connectivity index (χ1v) is 6.80. The van der Waals surface area contributed by atoms with E-state index in [9.17, 15) is 4.79 Å². The molecule has 1 atom stereocenters. The minimum atomic E-state index is -0.0688. The Morgan fingerprint density at radius 2 is 2.16 bits per heavy atom. The molecule has 4 nitrogen and oxygen atoms in total.